The molecular formula is C14H17N3O2. The fourth-order valence-corrected chi connectivity index (χ4v) is 1.90. The summed E-state index contributed by atoms with van der Waals surface area (Å²) >= 11 is 0. The van der Waals surface area contributed by atoms with E-state index in [1.54, 1.807) is 12.5 Å². The van der Waals surface area contributed by atoms with E-state index in [0.29, 0.717) is 13.1 Å². The van der Waals surface area contributed by atoms with Crippen LogP contribution < -0.4 is 4.90 Å². The number of benzene rings is 1. The smallest absolute Gasteiger partial charge is 0.305 e. The molecule has 1 aromatic heterocycles. The third kappa shape index (κ3) is 3.58. The van der Waals surface area contributed by atoms with Gasteiger partial charge in [0.1, 0.15) is 0 Å². The van der Waals surface area contributed by atoms with Gasteiger partial charge in [0.2, 0.25) is 0 Å². The third-order valence-corrected chi connectivity index (χ3v) is 2.99. The highest BCUT2D eigenvalue weighted by atomic mass is 16.4. The van der Waals surface area contributed by atoms with Gasteiger partial charge >= 0.3 is 5.97 Å². The van der Waals surface area contributed by atoms with Crippen LogP contribution in [0.4, 0.5) is 5.69 Å². The molecule has 2 rings (SSSR count). The number of nitrogens with zero attached hydrogens (tertiary/aromatic N) is 3. The number of carboxylic acids is 1. The van der Waals surface area contributed by atoms with Gasteiger partial charge in [-0.15, -0.1) is 0 Å². The minimum absolute atomic E-state index is 0.118. The van der Waals surface area contributed by atoms with Crippen molar-refractivity contribution < 1.29 is 9.90 Å². The van der Waals surface area contributed by atoms with E-state index in [1.807, 2.05) is 46.8 Å². The van der Waals surface area contributed by atoms with Crippen LogP contribution in [0.15, 0.2) is 42.9 Å². The molecule has 1 aromatic carbocycles. The molecule has 0 atom stereocenters. The molecule has 0 saturated heterocycles. The fourth-order valence-electron chi connectivity index (χ4n) is 1.90. The van der Waals surface area contributed by atoms with Crippen molar-refractivity contribution in [2.45, 2.75) is 13.0 Å². The average Bonchev–Trinajstić information content (AvgIpc) is 2.81. The molecule has 19 heavy (non-hydrogen) atoms. The van der Waals surface area contributed by atoms with Crippen molar-refractivity contribution in [2.24, 2.45) is 7.05 Å². The minimum atomic E-state index is -0.786. The molecule has 5 nitrogen and oxygen atoms in total. The Morgan fingerprint density at radius 3 is 2.68 bits per heavy atom. The van der Waals surface area contributed by atoms with E-state index >= 15 is 0 Å². The summed E-state index contributed by atoms with van der Waals surface area (Å²) in [5.41, 5.74) is 2.07. The molecule has 0 amide bonds. The minimum Gasteiger partial charge on any atom is -0.481 e. The Balaban J connectivity index is 2.15. The standard InChI is InChI=1S/C14H17N3O2/c1-16-11-15-9-13(16)10-17(8-7-14(18)19)12-5-3-2-4-6-12/h2-6,9,11H,7-8,10H2,1H3,(H,18,19). The second kappa shape index (κ2) is 6.04. The van der Waals surface area contributed by atoms with E-state index in [9.17, 15) is 4.79 Å². The molecule has 0 aliphatic rings. The molecule has 0 fully saturated rings. The molecule has 100 valence electrons. The summed E-state index contributed by atoms with van der Waals surface area (Å²) in [5.74, 6) is -0.786. The van der Waals surface area contributed by atoms with E-state index in [4.69, 9.17) is 5.11 Å². The number of rotatable bonds is 6. The number of aromatic nitrogens is 2. The SMILES string of the molecule is Cn1cncc1CN(CCC(=O)O)c1ccccc1. The van der Waals surface area contributed by atoms with Gasteiger partial charge in [0.05, 0.1) is 25.0 Å². The first-order valence-electron chi connectivity index (χ1n) is 6.14. The maximum Gasteiger partial charge on any atom is 0.305 e. The van der Waals surface area contributed by atoms with Crippen molar-refractivity contribution in [2.75, 3.05) is 11.4 Å². The predicted molar refractivity (Wildman–Crippen MR) is 73.0 cm³/mol. The molecule has 0 bridgehead atoms. The van der Waals surface area contributed by atoms with Gasteiger partial charge in [-0.05, 0) is 12.1 Å². The van der Waals surface area contributed by atoms with Gasteiger partial charge in [0.15, 0.2) is 0 Å². The van der Waals surface area contributed by atoms with Crippen LogP contribution >= 0.6 is 0 Å². The van der Waals surface area contributed by atoms with Crippen molar-refractivity contribution in [1.29, 1.82) is 0 Å². The Morgan fingerprint density at radius 1 is 1.37 bits per heavy atom. The topological polar surface area (TPSA) is 58.4 Å². The largest absolute Gasteiger partial charge is 0.481 e. The summed E-state index contributed by atoms with van der Waals surface area (Å²) in [7, 11) is 1.93. The zero-order valence-electron chi connectivity index (χ0n) is 10.9. The first-order chi connectivity index (χ1) is 9.16. The molecular weight excluding hydrogens is 242 g/mol. The fraction of sp³-hybridized carbons (Fsp3) is 0.286. The summed E-state index contributed by atoms with van der Waals surface area (Å²) in [4.78, 5) is 16.9. The van der Waals surface area contributed by atoms with E-state index in [0.717, 1.165) is 11.4 Å². The Morgan fingerprint density at radius 2 is 2.11 bits per heavy atom. The summed E-state index contributed by atoms with van der Waals surface area (Å²) in [5, 5.41) is 8.85. The normalized spacial score (nSPS) is 10.4. The number of carboxylic acid groups (broad SMARTS) is 1. The summed E-state index contributed by atoms with van der Waals surface area (Å²) in [6.45, 7) is 1.12. The third-order valence-electron chi connectivity index (χ3n) is 2.99. The molecule has 0 saturated carbocycles. The van der Waals surface area contributed by atoms with E-state index in [1.165, 1.54) is 0 Å². The Labute approximate surface area is 112 Å². The molecule has 5 heteroatoms. The van der Waals surface area contributed by atoms with Crippen molar-refractivity contribution in [3.05, 3.63) is 48.5 Å². The van der Waals surface area contributed by atoms with Crippen molar-refractivity contribution in [1.82, 2.24) is 9.55 Å². The Bertz CT molecular complexity index is 537. The molecule has 0 aliphatic carbocycles. The number of carbonyl (C=O) groups is 1. The zero-order chi connectivity index (χ0) is 13.7. The van der Waals surface area contributed by atoms with Crippen LogP contribution in [0.5, 0.6) is 0 Å². The van der Waals surface area contributed by atoms with Gasteiger partial charge in [-0.2, -0.15) is 0 Å². The van der Waals surface area contributed by atoms with Gasteiger partial charge in [0, 0.05) is 25.5 Å². The van der Waals surface area contributed by atoms with E-state index in [2.05, 4.69) is 4.98 Å². The second-order valence-electron chi connectivity index (χ2n) is 4.40. The summed E-state index contributed by atoms with van der Waals surface area (Å²) in [6.07, 6.45) is 3.67. The van der Waals surface area contributed by atoms with Gasteiger partial charge in [-0.1, -0.05) is 18.2 Å². The highest BCUT2D eigenvalue weighted by molar-refractivity contribution is 5.67. The van der Waals surface area contributed by atoms with Crippen molar-refractivity contribution in [3.63, 3.8) is 0 Å². The predicted octanol–water partition coefficient (Wildman–Crippen LogP) is 1.90. The van der Waals surface area contributed by atoms with Crippen LogP contribution in [0.1, 0.15) is 12.1 Å². The number of aliphatic carboxylic acids is 1. The molecule has 0 radical (unpaired) electrons. The van der Waals surface area contributed by atoms with Gasteiger partial charge in [0.25, 0.3) is 0 Å². The van der Waals surface area contributed by atoms with Crippen LogP contribution in [0, 0.1) is 0 Å². The number of aryl methyl sites for hydroxylation is 1. The van der Waals surface area contributed by atoms with Crippen molar-refractivity contribution >= 4 is 11.7 Å². The monoisotopic (exact) mass is 259 g/mol. The molecule has 1 heterocycles. The van der Waals surface area contributed by atoms with Crippen LogP contribution in [0.25, 0.3) is 0 Å². The molecule has 2 aromatic rings. The number of hydrogen-bond acceptors (Lipinski definition) is 3. The lowest BCUT2D eigenvalue weighted by Crippen LogP contribution is -2.26. The summed E-state index contributed by atoms with van der Waals surface area (Å²) in [6, 6.07) is 9.82. The van der Waals surface area contributed by atoms with Crippen molar-refractivity contribution in [3.8, 4) is 0 Å². The second-order valence-corrected chi connectivity index (χ2v) is 4.40. The van der Waals surface area contributed by atoms with Gasteiger partial charge in [-0.25, -0.2) is 4.98 Å². The van der Waals surface area contributed by atoms with Gasteiger partial charge < -0.3 is 14.6 Å². The molecule has 1 N–H and O–H groups in total. The zero-order valence-corrected chi connectivity index (χ0v) is 10.9. The number of hydrogen-bond donors (Lipinski definition) is 1. The number of para-hydroxylation sites is 1. The Kier molecular flexibility index (Phi) is 4.18. The maximum absolute atomic E-state index is 10.8. The molecule has 0 aliphatic heterocycles. The lowest BCUT2D eigenvalue weighted by atomic mass is 10.2. The van der Waals surface area contributed by atoms with Crippen LogP contribution in [-0.2, 0) is 18.4 Å². The van der Waals surface area contributed by atoms with Crippen LogP contribution in [-0.4, -0.2) is 27.2 Å². The van der Waals surface area contributed by atoms with Crippen LogP contribution in [0.3, 0.4) is 0 Å². The number of imidazole rings is 1. The Hall–Kier alpha value is -2.30. The highest BCUT2D eigenvalue weighted by Crippen LogP contribution is 2.16. The van der Waals surface area contributed by atoms with E-state index in [-0.39, 0.29) is 6.42 Å². The lowest BCUT2D eigenvalue weighted by Gasteiger charge is -2.24. The quantitative estimate of drug-likeness (QED) is 0.860. The molecule has 0 spiro atoms. The summed E-state index contributed by atoms with van der Waals surface area (Å²) < 4.78 is 1.94. The van der Waals surface area contributed by atoms with Gasteiger partial charge in [-0.3, -0.25) is 4.79 Å². The van der Waals surface area contributed by atoms with E-state index < -0.39 is 5.97 Å². The molecule has 0 unspecified atom stereocenters. The first-order valence-corrected chi connectivity index (χ1v) is 6.14. The maximum atomic E-state index is 10.8. The first kappa shape index (κ1) is 13.1. The number of anilines is 1. The highest BCUT2D eigenvalue weighted by Gasteiger charge is 2.11. The average molecular weight is 259 g/mol. The lowest BCUT2D eigenvalue weighted by molar-refractivity contribution is -0.136. The van der Waals surface area contributed by atoms with Crippen LogP contribution in [0.2, 0.25) is 0 Å².